The third kappa shape index (κ3) is 3.69. The predicted molar refractivity (Wildman–Crippen MR) is 79.3 cm³/mol. The van der Waals surface area contributed by atoms with Crippen LogP contribution in [0.5, 0.6) is 0 Å². The zero-order valence-electron chi connectivity index (χ0n) is 12.2. The molecule has 20 heavy (non-hydrogen) atoms. The number of amides is 2. The van der Waals surface area contributed by atoms with Crippen LogP contribution >= 0.6 is 11.3 Å². The minimum atomic E-state index is -0.911. The highest BCUT2D eigenvalue weighted by atomic mass is 32.1. The molecule has 1 rings (SSSR count). The van der Waals surface area contributed by atoms with E-state index in [2.05, 4.69) is 15.6 Å². The van der Waals surface area contributed by atoms with Crippen molar-refractivity contribution in [3.63, 3.8) is 0 Å². The number of thiazole rings is 1. The van der Waals surface area contributed by atoms with Gasteiger partial charge in [-0.05, 0) is 26.7 Å². The van der Waals surface area contributed by atoms with E-state index in [1.807, 2.05) is 27.7 Å². The minimum absolute atomic E-state index is 0.102. The van der Waals surface area contributed by atoms with Gasteiger partial charge in [-0.1, -0.05) is 13.8 Å². The highest BCUT2D eigenvalue weighted by Gasteiger charge is 2.35. The summed E-state index contributed by atoms with van der Waals surface area (Å²) < 4.78 is 0. The lowest BCUT2D eigenvalue weighted by atomic mass is 9.82. The number of nitrogens with one attached hydrogen (secondary N) is 2. The van der Waals surface area contributed by atoms with Crippen molar-refractivity contribution in [1.82, 2.24) is 10.3 Å². The molecule has 0 aliphatic heterocycles. The Morgan fingerprint density at radius 3 is 2.30 bits per heavy atom. The number of nitrogens with zero attached hydrogens (tertiary/aromatic N) is 1. The van der Waals surface area contributed by atoms with Crippen LogP contribution in [0, 0.1) is 19.3 Å². The topological polar surface area (TPSA) is 91.3 Å². The summed E-state index contributed by atoms with van der Waals surface area (Å²) in [6.45, 7) is 7.53. The fourth-order valence-corrected chi connectivity index (χ4v) is 2.60. The number of carbonyl (C=O) groups is 2. The SMILES string of the molecule is CCC(CC)(CNC(=O)Nc1nc(C)c(C)s1)C(=O)O. The summed E-state index contributed by atoms with van der Waals surface area (Å²) in [4.78, 5) is 28.4. The average Bonchev–Trinajstić information content (AvgIpc) is 2.69. The van der Waals surface area contributed by atoms with Gasteiger partial charge in [-0.25, -0.2) is 9.78 Å². The van der Waals surface area contributed by atoms with Crippen molar-refractivity contribution in [2.75, 3.05) is 11.9 Å². The van der Waals surface area contributed by atoms with Crippen LogP contribution in [0.1, 0.15) is 37.3 Å². The van der Waals surface area contributed by atoms with E-state index in [9.17, 15) is 14.7 Å². The minimum Gasteiger partial charge on any atom is -0.481 e. The van der Waals surface area contributed by atoms with Crippen molar-refractivity contribution in [3.8, 4) is 0 Å². The van der Waals surface area contributed by atoms with Crippen molar-refractivity contribution in [2.45, 2.75) is 40.5 Å². The van der Waals surface area contributed by atoms with Crippen molar-refractivity contribution in [2.24, 2.45) is 5.41 Å². The molecule has 112 valence electrons. The van der Waals surface area contributed by atoms with Gasteiger partial charge in [0.25, 0.3) is 0 Å². The molecule has 0 aromatic carbocycles. The Balaban J connectivity index is 2.60. The smallest absolute Gasteiger partial charge is 0.321 e. The zero-order valence-corrected chi connectivity index (χ0v) is 13.1. The standard InChI is InChI=1S/C13H21N3O3S/c1-5-13(6-2,10(17)18)7-14-11(19)16-12-15-8(3)9(4)20-12/h5-7H2,1-4H3,(H,17,18)(H2,14,15,16,19). The van der Waals surface area contributed by atoms with E-state index in [1.54, 1.807) is 0 Å². The van der Waals surface area contributed by atoms with Gasteiger partial charge in [-0.2, -0.15) is 0 Å². The highest BCUT2D eigenvalue weighted by Crippen LogP contribution is 2.26. The van der Waals surface area contributed by atoms with Crippen LogP contribution < -0.4 is 10.6 Å². The lowest BCUT2D eigenvalue weighted by Gasteiger charge is -2.26. The number of carboxylic acid groups (broad SMARTS) is 1. The zero-order chi connectivity index (χ0) is 15.3. The molecule has 3 N–H and O–H groups in total. The van der Waals surface area contributed by atoms with E-state index in [-0.39, 0.29) is 6.54 Å². The van der Waals surface area contributed by atoms with Crippen LogP contribution in [0.2, 0.25) is 0 Å². The molecule has 6 nitrogen and oxygen atoms in total. The molecule has 0 saturated carbocycles. The molecule has 0 unspecified atom stereocenters. The first kappa shape index (κ1) is 16.4. The number of aliphatic carboxylic acids is 1. The molecule has 0 fully saturated rings. The first-order chi connectivity index (χ1) is 9.34. The quantitative estimate of drug-likeness (QED) is 0.753. The first-order valence-electron chi connectivity index (χ1n) is 6.57. The summed E-state index contributed by atoms with van der Waals surface area (Å²) in [5, 5.41) is 15.1. The summed E-state index contributed by atoms with van der Waals surface area (Å²) in [5.41, 5.74) is -0.0289. The van der Waals surface area contributed by atoms with Crippen molar-refractivity contribution >= 4 is 28.5 Å². The van der Waals surface area contributed by atoms with E-state index in [0.717, 1.165) is 10.6 Å². The van der Waals surface area contributed by atoms with E-state index in [0.29, 0.717) is 18.0 Å². The number of aromatic nitrogens is 1. The number of carbonyl (C=O) groups excluding carboxylic acids is 1. The second-order valence-electron chi connectivity index (χ2n) is 4.76. The van der Waals surface area contributed by atoms with Gasteiger partial charge < -0.3 is 10.4 Å². The molecular formula is C13H21N3O3S. The van der Waals surface area contributed by atoms with Gasteiger partial charge in [0.05, 0.1) is 11.1 Å². The fourth-order valence-electron chi connectivity index (χ4n) is 1.80. The van der Waals surface area contributed by atoms with Crippen molar-refractivity contribution in [3.05, 3.63) is 10.6 Å². The predicted octanol–water partition coefficient (Wildman–Crippen LogP) is 2.77. The van der Waals surface area contributed by atoms with Crippen LogP contribution in [-0.2, 0) is 4.79 Å². The number of hydrogen-bond acceptors (Lipinski definition) is 4. The number of hydrogen-bond donors (Lipinski definition) is 3. The fraction of sp³-hybridized carbons (Fsp3) is 0.615. The maximum absolute atomic E-state index is 11.8. The third-order valence-corrected chi connectivity index (χ3v) is 4.63. The van der Waals surface area contributed by atoms with Crippen LogP contribution in [0.15, 0.2) is 0 Å². The van der Waals surface area contributed by atoms with E-state index < -0.39 is 17.4 Å². The summed E-state index contributed by atoms with van der Waals surface area (Å²) in [6.07, 6.45) is 0.934. The van der Waals surface area contributed by atoms with Gasteiger partial charge in [0.15, 0.2) is 5.13 Å². The monoisotopic (exact) mass is 299 g/mol. The number of urea groups is 1. The van der Waals surface area contributed by atoms with E-state index >= 15 is 0 Å². The number of anilines is 1. The Labute approximate surface area is 122 Å². The van der Waals surface area contributed by atoms with Gasteiger partial charge in [0, 0.05) is 11.4 Å². The molecule has 0 atom stereocenters. The van der Waals surface area contributed by atoms with Gasteiger partial charge in [0.1, 0.15) is 0 Å². The Morgan fingerprint density at radius 2 is 1.90 bits per heavy atom. The van der Waals surface area contributed by atoms with Gasteiger partial charge in [0.2, 0.25) is 0 Å². The highest BCUT2D eigenvalue weighted by molar-refractivity contribution is 7.15. The van der Waals surface area contributed by atoms with Crippen LogP contribution in [0.25, 0.3) is 0 Å². The van der Waals surface area contributed by atoms with Crippen LogP contribution in [0.4, 0.5) is 9.93 Å². The molecule has 1 aromatic rings. The van der Waals surface area contributed by atoms with Crippen LogP contribution in [0.3, 0.4) is 0 Å². The molecule has 1 aromatic heterocycles. The van der Waals surface area contributed by atoms with Gasteiger partial charge in [-0.3, -0.25) is 10.1 Å². The molecule has 0 aliphatic rings. The summed E-state index contributed by atoms with van der Waals surface area (Å²) in [5.74, 6) is -0.885. The van der Waals surface area contributed by atoms with Gasteiger partial charge in [-0.15, -0.1) is 11.3 Å². The molecule has 0 saturated heterocycles. The lowest BCUT2D eigenvalue weighted by Crippen LogP contribution is -2.43. The van der Waals surface area contributed by atoms with Gasteiger partial charge >= 0.3 is 12.0 Å². The lowest BCUT2D eigenvalue weighted by molar-refractivity contribution is -0.149. The first-order valence-corrected chi connectivity index (χ1v) is 7.38. The maximum atomic E-state index is 11.8. The average molecular weight is 299 g/mol. The van der Waals surface area contributed by atoms with E-state index in [4.69, 9.17) is 0 Å². The Hall–Kier alpha value is -1.63. The number of carboxylic acids is 1. The Bertz CT molecular complexity index is 476. The molecule has 2 amide bonds. The normalized spacial score (nSPS) is 11.2. The van der Waals surface area contributed by atoms with Crippen molar-refractivity contribution in [1.29, 1.82) is 0 Å². The second-order valence-corrected chi connectivity index (χ2v) is 5.96. The molecule has 0 bridgehead atoms. The molecule has 7 heteroatoms. The second kappa shape index (κ2) is 6.69. The summed E-state index contributed by atoms with van der Waals surface area (Å²) in [7, 11) is 0. The Morgan fingerprint density at radius 1 is 1.30 bits per heavy atom. The number of aryl methyl sites for hydroxylation is 2. The maximum Gasteiger partial charge on any atom is 0.321 e. The molecule has 0 spiro atoms. The van der Waals surface area contributed by atoms with Crippen LogP contribution in [-0.4, -0.2) is 28.6 Å². The molecule has 0 radical (unpaired) electrons. The van der Waals surface area contributed by atoms with E-state index in [1.165, 1.54) is 11.3 Å². The molecule has 0 aliphatic carbocycles. The summed E-state index contributed by atoms with van der Waals surface area (Å²) >= 11 is 1.39. The largest absolute Gasteiger partial charge is 0.481 e. The summed E-state index contributed by atoms with van der Waals surface area (Å²) in [6, 6.07) is -0.425. The Kier molecular flexibility index (Phi) is 5.50. The molecular weight excluding hydrogens is 278 g/mol. The molecule has 1 heterocycles. The third-order valence-electron chi connectivity index (χ3n) is 3.64. The number of rotatable bonds is 6. The van der Waals surface area contributed by atoms with Crippen molar-refractivity contribution < 1.29 is 14.7 Å².